The van der Waals surface area contributed by atoms with Crippen LogP contribution in [0.2, 0.25) is 0 Å². The van der Waals surface area contributed by atoms with Crippen LogP contribution in [-0.4, -0.2) is 20.7 Å². The molecular weight excluding hydrogens is 210 g/mol. The molecule has 0 aromatic heterocycles. The molecule has 1 rings (SSSR count). The summed E-state index contributed by atoms with van der Waals surface area (Å²) in [4.78, 5) is 0. The molecule has 1 aromatic rings. The number of hydrogen-bond donors (Lipinski definition) is 1. The summed E-state index contributed by atoms with van der Waals surface area (Å²) in [5.74, 6) is 0.167. The van der Waals surface area contributed by atoms with E-state index in [0.717, 1.165) is 5.56 Å². The SMILES string of the molecule is CCNS(=O)(=O)CC(C)c1ccccc1. The van der Waals surface area contributed by atoms with Crippen molar-refractivity contribution in [2.45, 2.75) is 19.8 Å². The van der Waals surface area contributed by atoms with Crippen molar-refractivity contribution in [3.8, 4) is 0 Å². The maximum absolute atomic E-state index is 11.5. The van der Waals surface area contributed by atoms with E-state index in [1.807, 2.05) is 37.3 Å². The zero-order chi connectivity index (χ0) is 11.3. The van der Waals surface area contributed by atoms with E-state index in [2.05, 4.69) is 4.72 Å². The number of hydrogen-bond acceptors (Lipinski definition) is 2. The lowest BCUT2D eigenvalue weighted by molar-refractivity contribution is 0.578. The highest BCUT2D eigenvalue weighted by atomic mass is 32.2. The van der Waals surface area contributed by atoms with Gasteiger partial charge in [0.2, 0.25) is 10.0 Å². The standard InChI is InChI=1S/C11H17NO2S/c1-3-12-15(13,14)9-10(2)11-7-5-4-6-8-11/h4-8,10,12H,3,9H2,1-2H3. The van der Waals surface area contributed by atoms with Crippen LogP contribution >= 0.6 is 0 Å². The van der Waals surface area contributed by atoms with Crippen LogP contribution in [0.1, 0.15) is 25.3 Å². The van der Waals surface area contributed by atoms with Crippen molar-refractivity contribution in [3.63, 3.8) is 0 Å². The van der Waals surface area contributed by atoms with Gasteiger partial charge >= 0.3 is 0 Å². The van der Waals surface area contributed by atoms with E-state index in [4.69, 9.17) is 0 Å². The number of rotatable bonds is 5. The summed E-state index contributed by atoms with van der Waals surface area (Å²) < 4.78 is 25.5. The summed E-state index contributed by atoms with van der Waals surface area (Å²) in [6, 6.07) is 9.67. The molecule has 0 radical (unpaired) electrons. The van der Waals surface area contributed by atoms with Gasteiger partial charge in [-0.1, -0.05) is 44.2 Å². The predicted octanol–water partition coefficient (Wildman–Crippen LogP) is 1.73. The smallest absolute Gasteiger partial charge is 0.212 e. The van der Waals surface area contributed by atoms with Gasteiger partial charge in [0.1, 0.15) is 0 Å². The summed E-state index contributed by atoms with van der Waals surface area (Å²) in [6.45, 7) is 4.15. The minimum Gasteiger partial charge on any atom is -0.215 e. The minimum atomic E-state index is -3.13. The average molecular weight is 227 g/mol. The molecule has 0 saturated heterocycles. The van der Waals surface area contributed by atoms with Crippen LogP contribution in [0, 0.1) is 0 Å². The van der Waals surface area contributed by atoms with Crippen molar-refractivity contribution in [1.82, 2.24) is 4.72 Å². The van der Waals surface area contributed by atoms with Gasteiger partial charge in [-0.15, -0.1) is 0 Å². The molecule has 0 aliphatic heterocycles. The molecule has 15 heavy (non-hydrogen) atoms. The Morgan fingerprint density at radius 1 is 1.27 bits per heavy atom. The highest BCUT2D eigenvalue weighted by Crippen LogP contribution is 2.15. The number of nitrogens with one attached hydrogen (secondary N) is 1. The molecule has 0 amide bonds. The first-order valence-corrected chi connectivity index (χ1v) is 6.72. The molecule has 4 heteroatoms. The van der Waals surface area contributed by atoms with Crippen LogP contribution in [0.3, 0.4) is 0 Å². The first kappa shape index (κ1) is 12.2. The Balaban J connectivity index is 2.68. The molecule has 0 bridgehead atoms. The number of benzene rings is 1. The normalized spacial score (nSPS) is 13.7. The van der Waals surface area contributed by atoms with Crippen molar-refractivity contribution in [2.75, 3.05) is 12.3 Å². The molecule has 3 nitrogen and oxygen atoms in total. The highest BCUT2D eigenvalue weighted by Gasteiger charge is 2.15. The van der Waals surface area contributed by atoms with Crippen molar-refractivity contribution in [3.05, 3.63) is 35.9 Å². The molecule has 0 heterocycles. The first-order chi connectivity index (χ1) is 7.05. The van der Waals surface area contributed by atoms with Crippen LogP contribution < -0.4 is 4.72 Å². The maximum Gasteiger partial charge on any atom is 0.212 e. The third-order valence-electron chi connectivity index (χ3n) is 2.20. The highest BCUT2D eigenvalue weighted by molar-refractivity contribution is 7.89. The fraction of sp³-hybridized carbons (Fsp3) is 0.455. The zero-order valence-corrected chi connectivity index (χ0v) is 9.92. The molecule has 0 aliphatic carbocycles. The fourth-order valence-corrected chi connectivity index (χ4v) is 2.89. The lowest BCUT2D eigenvalue weighted by atomic mass is 10.0. The molecule has 1 N–H and O–H groups in total. The summed E-state index contributed by atoms with van der Waals surface area (Å²) in [5.41, 5.74) is 1.05. The summed E-state index contributed by atoms with van der Waals surface area (Å²) in [6.07, 6.45) is 0. The molecule has 1 aromatic carbocycles. The van der Waals surface area contributed by atoms with Gasteiger partial charge in [-0.3, -0.25) is 0 Å². The third kappa shape index (κ3) is 4.01. The lowest BCUT2D eigenvalue weighted by Crippen LogP contribution is -2.28. The van der Waals surface area contributed by atoms with E-state index in [9.17, 15) is 8.42 Å². The second-order valence-electron chi connectivity index (χ2n) is 3.59. The van der Waals surface area contributed by atoms with Gasteiger partial charge in [0.15, 0.2) is 0 Å². The molecule has 1 atom stereocenters. The van der Waals surface area contributed by atoms with E-state index in [-0.39, 0.29) is 11.7 Å². The summed E-state index contributed by atoms with van der Waals surface area (Å²) in [7, 11) is -3.13. The molecule has 84 valence electrons. The second kappa shape index (κ2) is 5.28. The Labute approximate surface area is 91.6 Å². The monoisotopic (exact) mass is 227 g/mol. The van der Waals surface area contributed by atoms with E-state index in [0.29, 0.717) is 6.54 Å². The van der Waals surface area contributed by atoms with Crippen LogP contribution in [0.15, 0.2) is 30.3 Å². The zero-order valence-electron chi connectivity index (χ0n) is 9.10. The van der Waals surface area contributed by atoms with Crippen molar-refractivity contribution < 1.29 is 8.42 Å². The Hall–Kier alpha value is -0.870. The molecule has 0 aliphatic rings. The molecular formula is C11H17NO2S. The van der Waals surface area contributed by atoms with E-state index >= 15 is 0 Å². The Morgan fingerprint density at radius 3 is 2.40 bits per heavy atom. The summed E-state index contributed by atoms with van der Waals surface area (Å²) >= 11 is 0. The van der Waals surface area contributed by atoms with Gasteiger partial charge in [0, 0.05) is 6.54 Å². The second-order valence-corrected chi connectivity index (χ2v) is 5.44. The van der Waals surface area contributed by atoms with Crippen molar-refractivity contribution in [1.29, 1.82) is 0 Å². The van der Waals surface area contributed by atoms with Gasteiger partial charge in [0.05, 0.1) is 5.75 Å². The fourth-order valence-electron chi connectivity index (χ4n) is 1.49. The van der Waals surface area contributed by atoms with Gasteiger partial charge in [-0.05, 0) is 11.5 Å². The largest absolute Gasteiger partial charge is 0.215 e. The topological polar surface area (TPSA) is 46.2 Å². The third-order valence-corrected chi connectivity index (χ3v) is 3.87. The lowest BCUT2D eigenvalue weighted by Gasteiger charge is -2.12. The molecule has 0 saturated carbocycles. The molecule has 1 unspecified atom stereocenters. The Morgan fingerprint density at radius 2 is 1.87 bits per heavy atom. The maximum atomic E-state index is 11.5. The predicted molar refractivity (Wildman–Crippen MR) is 62.3 cm³/mol. The van der Waals surface area contributed by atoms with Crippen molar-refractivity contribution >= 4 is 10.0 Å². The van der Waals surface area contributed by atoms with Gasteiger partial charge in [0.25, 0.3) is 0 Å². The van der Waals surface area contributed by atoms with E-state index in [1.54, 1.807) is 6.92 Å². The molecule has 0 spiro atoms. The van der Waals surface area contributed by atoms with Gasteiger partial charge in [-0.25, -0.2) is 13.1 Å². The number of sulfonamides is 1. The quantitative estimate of drug-likeness (QED) is 0.832. The first-order valence-electron chi connectivity index (χ1n) is 5.07. The van der Waals surface area contributed by atoms with Crippen LogP contribution in [0.25, 0.3) is 0 Å². The van der Waals surface area contributed by atoms with Crippen molar-refractivity contribution in [2.24, 2.45) is 0 Å². The van der Waals surface area contributed by atoms with Crippen LogP contribution in [0.5, 0.6) is 0 Å². The Bertz CT molecular complexity index is 386. The van der Waals surface area contributed by atoms with Gasteiger partial charge in [-0.2, -0.15) is 0 Å². The average Bonchev–Trinajstić information content (AvgIpc) is 2.18. The van der Waals surface area contributed by atoms with Crippen LogP contribution in [0.4, 0.5) is 0 Å². The van der Waals surface area contributed by atoms with E-state index in [1.165, 1.54) is 0 Å². The minimum absolute atomic E-state index is 0.0234. The van der Waals surface area contributed by atoms with Gasteiger partial charge < -0.3 is 0 Å². The Kier molecular flexibility index (Phi) is 4.29. The summed E-state index contributed by atoms with van der Waals surface area (Å²) in [5, 5.41) is 0. The molecule has 0 fully saturated rings. The van der Waals surface area contributed by atoms with E-state index < -0.39 is 10.0 Å². The van der Waals surface area contributed by atoms with Crippen LogP contribution in [-0.2, 0) is 10.0 Å².